The summed E-state index contributed by atoms with van der Waals surface area (Å²) < 4.78 is 5.28. The molecule has 1 aromatic rings. The number of likely N-dealkylation sites (N-methyl/N-ethyl adjacent to an activating group) is 1. The Morgan fingerprint density at radius 2 is 2.24 bits per heavy atom. The number of ether oxygens (including phenoxy) is 1. The highest BCUT2D eigenvalue weighted by Crippen LogP contribution is 2.33. The molecular formula is C14H22N2O. The normalized spacial score (nSPS) is 23.6. The number of rotatable bonds is 3. The molecule has 0 fully saturated rings. The van der Waals surface area contributed by atoms with Gasteiger partial charge in [0.1, 0.15) is 5.75 Å². The molecule has 2 atom stereocenters. The summed E-state index contributed by atoms with van der Waals surface area (Å²) in [5, 5.41) is 0. The van der Waals surface area contributed by atoms with E-state index in [9.17, 15) is 0 Å². The third-order valence-electron chi connectivity index (χ3n) is 3.90. The summed E-state index contributed by atoms with van der Waals surface area (Å²) >= 11 is 0. The first-order valence-corrected chi connectivity index (χ1v) is 6.30. The lowest BCUT2D eigenvalue weighted by atomic mass is 9.83. The van der Waals surface area contributed by atoms with Crippen LogP contribution in [0.15, 0.2) is 18.2 Å². The highest BCUT2D eigenvalue weighted by Gasteiger charge is 2.29. The molecule has 0 amide bonds. The number of aryl methyl sites for hydroxylation is 1. The summed E-state index contributed by atoms with van der Waals surface area (Å²) in [7, 11) is 3.85. The van der Waals surface area contributed by atoms with Gasteiger partial charge in [0.25, 0.3) is 0 Å². The minimum Gasteiger partial charge on any atom is -0.497 e. The Kier molecular flexibility index (Phi) is 3.69. The lowest BCUT2D eigenvalue weighted by Crippen LogP contribution is -2.43. The van der Waals surface area contributed by atoms with Crippen LogP contribution in [0.1, 0.15) is 30.5 Å². The van der Waals surface area contributed by atoms with Crippen LogP contribution in [0.5, 0.6) is 5.75 Å². The van der Waals surface area contributed by atoms with Gasteiger partial charge in [0.05, 0.1) is 7.11 Å². The van der Waals surface area contributed by atoms with Crippen LogP contribution >= 0.6 is 0 Å². The zero-order chi connectivity index (χ0) is 12.4. The number of hydrogen-bond donors (Lipinski definition) is 1. The van der Waals surface area contributed by atoms with Crippen LogP contribution in [-0.4, -0.2) is 31.6 Å². The van der Waals surface area contributed by atoms with E-state index in [1.807, 2.05) is 6.07 Å². The molecule has 0 aromatic heterocycles. The highest BCUT2D eigenvalue weighted by atomic mass is 16.5. The van der Waals surface area contributed by atoms with Crippen molar-refractivity contribution in [3.05, 3.63) is 29.3 Å². The van der Waals surface area contributed by atoms with E-state index in [1.54, 1.807) is 7.11 Å². The molecule has 0 saturated carbocycles. The molecule has 17 heavy (non-hydrogen) atoms. The average molecular weight is 234 g/mol. The average Bonchev–Trinajstić information content (AvgIpc) is 2.38. The predicted octanol–water partition coefficient (Wildman–Crippen LogP) is 1.96. The van der Waals surface area contributed by atoms with Gasteiger partial charge in [-0.25, -0.2) is 0 Å². The second kappa shape index (κ2) is 5.07. The van der Waals surface area contributed by atoms with Gasteiger partial charge in [0, 0.05) is 12.1 Å². The van der Waals surface area contributed by atoms with Crippen LogP contribution < -0.4 is 10.5 Å². The first-order valence-electron chi connectivity index (χ1n) is 6.30. The van der Waals surface area contributed by atoms with E-state index in [1.165, 1.54) is 11.1 Å². The smallest absolute Gasteiger partial charge is 0.119 e. The molecule has 0 saturated heterocycles. The van der Waals surface area contributed by atoms with Crippen LogP contribution in [0.4, 0.5) is 0 Å². The molecule has 0 heterocycles. The van der Waals surface area contributed by atoms with Gasteiger partial charge in [0.2, 0.25) is 0 Å². The van der Waals surface area contributed by atoms with Gasteiger partial charge in [-0.15, -0.1) is 0 Å². The van der Waals surface area contributed by atoms with Crippen molar-refractivity contribution in [2.75, 3.05) is 20.7 Å². The molecule has 2 N–H and O–H groups in total. The minimum absolute atomic E-state index is 0.0961. The molecule has 2 unspecified atom stereocenters. The molecule has 3 nitrogen and oxygen atoms in total. The van der Waals surface area contributed by atoms with Gasteiger partial charge < -0.3 is 15.4 Å². The van der Waals surface area contributed by atoms with Crippen LogP contribution in [0.2, 0.25) is 0 Å². The molecule has 1 aliphatic carbocycles. The largest absolute Gasteiger partial charge is 0.497 e. The van der Waals surface area contributed by atoms with Crippen LogP contribution in [0, 0.1) is 0 Å². The maximum absolute atomic E-state index is 6.39. The van der Waals surface area contributed by atoms with Crippen LogP contribution in [-0.2, 0) is 6.42 Å². The molecular weight excluding hydrogens is 212 g/mol. The second-order valence-corrected chi connectivity index (χ2v) is 4.77. The van der Waals surface area contributed by atoms with Crippen molar-refractivity contribution in [3.63, 3.8) is 0 Å². The van der Waals surface area contributed by atoms with Crippen molar-refractivity contribution in [3.8, 4) is 5.75 Å². The lowest BCUT2D eigenvalue weighted by Gasteiger charge is -2.37. The summed E-state index contributed by atoms with van der Waals surface area (Å²) in [4.78, 5) is 2.34. The first-order chi connectivity index (χ1) is 8.17. The molecule has 1 aliphatic rings. The standard InChI is InChI=1S/C14H22N2O/c1-4-16(2)13-8-6-10-5-7-11(17-3)9-12(10)14(13)15/h5,7,9,13-14H,4,6,8,15H2,1-3H3. The summed E-state index contributed by atoms with van der Waals surface area (Å²) in [6.07, 6.45) is 2.26. The third-order valence-corrected chi connectivity index (χ3v) is 3.90. The summed E-state index contributed by atoms with van der Waals surface area (Å²) in [5.41, 5.74) is 9.02. The number of fused-ring (bicyclic) bond motifs is 1. The number of nitrogens with zero attached hydrogens (tertiary/aromatic N) is 1. The number of hydrogen-bond acceptors (Lipinski definition) is 3. The Morgan fingerprint density at radius 3 is 2.88 bits per heavy atom. The lowest BCUT2D eigenvalue weighted by molar-refractivity contribution is 0.200. The zero-order valence-electron chi connectivity index (χ0n) is 10.9. The van der Waals surface area contributed by atoms with Gasteiger partial charge in [-0.2, -0.15) is 0 Å². The first kappa shape index (κ1) is 12.4. The van der Waals surface area contributed by atoms with E-state index in [-0.39, 0.29) is 6.04 Å². The fraction of sp³-hybridized carbons (Fsp3) is 0.571. The Hall–Kier alpha value is -1.06. The number of benzene rings is 1. The Morgan fingerprint density at radius 1 is 1.47 bits per heavy atom. The topological polar surface area (TPSA) is 38.5 Å². The molecule has 2 rings (SSSR count). The molecule has 0 spiro atoms. The van der Waals surface area contributed by atoms with Gasteiger partial charge in [0.15, 0.2) is 0 Å². The predicted molar refractivity (Wildman–Crippen MR) is 70.3 cm³/mol. The molecule has 0 aliphatic heterocycles. The van der Waals surface area contributed by atoms with E-state index in [0.29, 0.717) is 6.04 Å². The van der Waals surface area contributed by atoms with Crippen LogP contribution in [0.25, 0.3) is 0 Å². The van der Waals surface area contributed by atoms with Crippen molar-refractivity contribution in [2.45, 2.75) is 31.8 Å². The Bertz CT molecular complexity index is 392. The van der Waals surface area contributed by atoms with Gasteiger partial charge in [-0.05, 0) is 49.7 Å². The fourth-order valence-electron chi connectivity index (χ4n) is 2.66. The van der Waals surface area contributed by atoms with Crippen LogP contribution in [0.3, 0.4) is 0 Å². The van der Waals surface area contributed by atoms with E-state index >= 15 is 0 Å². The minimum atomic E-state index is 0.0961. The molecule has 3 heteroatoms. The molecule has 0 bridgehead atoms. The van der Waals surface area contributed by atoms with Crippen molar-refractivity contribution in [2.24, 2.45) is 5.73 Å². The maximum Gasteiger partial charge on any atom is 0.119 e. The zero-order valence-corrected chi connectivity index (χ0v) is 10.9. The summed E-state index contributed by atoms with van der Waals surface area (Å²) in [6, 6.07) is 6.81. The summed E-state index contributed by atoms with van der Waals surface area (Å²) in [6.45, 7) is 3.21. The Labute approximate surface area is 104 Å². The van der Waals surface area contributed by atoms with Gasteiger partial charge in [-0.1, -0.05) is 13.0 Å². The van der Waals surface area contributed by atoms with E-state index in [4.69, 9.17) is 10.5 Å². The quantitative estimate of drug-likeness (QED) is 0.869. The number of nitrogens with two attached hydrogens (primary N) is 1. The summed E-state index contributed by atoms with van der Waals surface area (Å²) in [5.74, 6) is 0.902. The van der Waals surface area contributed by atoms with Gasteiger partial charge in [-0.3, -0.25) is 0 Å². The molecule has 1 aromatic carbocycles. The van der Waals surface area contributed by atoms with Crippen molar-refractivity contribution in [1.29, 1.82) is 0 Å². The monoisotopic (exact) mass is 234 g/mol. The van der Waals surface area contributed by atoms with Crippen molar-refractivity contribution >= 4 is 0 Å². The highest BCUT2D eigenvalue weighted by molar-refractivity contribution is 5.40. The number of methoxy groups -OCH3 is 1. The third kappa shape index (κ3) is 2.31. The van der Waals surface area contributed by atoms with Crippen molar-refractivity contribution < 1.29 is 4.74 Å². The maximum atomic E-state index is 6.39. The SMILES string of the molecule is CCN(C)C1CCc2ccc(OC)cc2C1N. The molecule has 94 valence electrons. The molecule has 0 radical (unpaired) electrons. The van der Waals surface area contributed by atoms with E-state index in [0.717, 1.165) is 25.1 Å². The fourth-order valence-corrected chi connectivity index (χ4v) is 2.66. The second-order valence-electron chi connectivity index (χ2n) is 4.77. The van der Waals surface area contributed by atoms with Gasteiger partial charge >= 0.3 is 0 Å². The van der Waals surface area contributed by atoms with E-state index in [2.05, 4.69) is 31.0 Å². The van der Waals surface area contributed by atoms with E-state index < -0.39 is 0 Å². The van der Waals surface area contributed by atoms with Crippen molar-refractivity contribution in [1.82, 2.24) is 4.90 Å². The Balaban J connectivity index is 2.30.